The average Bonchev–Trinajstić information content (AvgIpc) is 3.12. The van der Waals surface area contributed by atoms with Gasteiger partial charge in [-0.05, 0) is 18.9 Å². The molecule has 24 heavy (non-hydrogen) atoms. The number of aromatic nitrogens is 4. The van der Waals surface area contributed by atoms with Gasteiger partial charge in [0.2, 0.25) is 5.89 Å². The van der Waals surface area contributed by atoms with E-state index in [2.05, 4.69) is 25.4 Å². The van der Waals surface area contributed by atoms with Crippen molar-refractivity contribution in [2.75, 3.05) is 6.54 Å². The molecule has 0 radical (unpaired) electrons. The van der Waals surface area contributed by atoms with Gasteiger partial charge in [0, 0.05) is 36.8 Å². The number of imidazole rings is 1. The smallest absolute Gasteiger partial charge is 0.252 e. The van der Waals surface area contributed by atoms with E-state index in [1.165, 1.54) is 0 Å². The van der Waals surface area contributed by atoms with Crippen LogP contribution in [0, 0.1) is 0 Å². The Hall–Kier alpha value is -2.96. The minimum atomic E-state index is -0.145. The van der Waals surface area contributed by atoms with E-state index >= 15 is 0 Å². The van der Waals surface area contributed by atoms with E-state index in [1.54, 1.807) is 18.5 Å². The van der Waals surface area contributed by atoms with Gasteiger partial charge in [0.25, 0.3) is 5.91 Å². The summed E-state index contributed by atoms with van der Waals surface area (Å²) in [7, 11) is 0. The zero-order valence-electron chi connectivity index (χ0n) is 13.0. The zero-order chi connectivity index (χ0) is 16.4. The van der Waals surface area contributed by atoms with Crippen LogP contribution in [0.2, 0.25) is 0 Å². The molecule has 1 aliphatic rings. The Bertz CT molecular complexity index is 836. The minimum absolute atomic E-state index is 0.145. The van der Waals surface area contributed by atoms with Crippen LogP contribution in [0.4, 0.5) is 0 Å². The van der Waals surface area contributed by atoms with E-state index in [-0.39, 0.29) is 5.91 Å². The second-order valence-corrected chi connectivity index (χ2v) is 5.81. The molecular formula is C17H17N5O2. The number of rotatable bonds is 6. The fourth-order valence-corrected chi connectivity index (χ4v) is 2.55. The largest absolute Gasteiger partial charge is 0.352 e. The highest BCUT2D eigenvalue weighted by Crippen LogP contribution is 2.38. The molecule has 1 aromatic carbocycles. The molecule has 1 saturated carbocycles. The van der Waals surface area contributed by atoms with Crippen LogP contribution < -0.4 is 5.32 Å². The van der Waals surface area contributed by atoms with Crippen molar-refractivity contribution in [2.45, 2.75) is 25.2 Å². The molecule has 0 bridgehead atoms. The zero-order valence-corrected chi connectivity index (χ0v) is 13.0. The third kappa shape index (κ3) is 3.05. The molecule has 0 atom stereocenters. The van der Waals surface area contributed by atoms with Gasteiger partial charge in [0.1, 0.15) is 5.82 Å². The summed E-state index contributed by atoms with van der Waals surface area (Å²) in [5.41, 5.74) is 1.36. The third-order valence-electron chi connectivity index (χ3n) is 3.97. The number of amides is 1. The summed E-state index contributed by atoms with van der Waals surface area (Å²) in [5, 5.41) is 6.85. The lowest BCUT2D eigenvalue weighted by atomic mass is 10.1. The number of hydrogen-bond donors (Lipinski definition) is 2. The molecule has 4 rings (SSSR count). The average molecular weight is 323 g/mol. The van der Waals surface area contributed by atoms with Crippen LogP contribution in [-0.4, -0.2) is 32.6 Å². The molecule has 2 heterocycles. The molecule has 3 aromatic rings. The molecule has 7 heteroatoms. The van der Waals surface area contributed by atoms with E-state index in [4.69, 9.17) is 4.52 Å². The first-order valence-corrected chi connectivity index (χ1v) is 8.01. The summed E-state index contributed by atoms with van der Waals surface area (Å²) in [6.45, 7) is 0.453. The number of carbonyl (C=O) groups excluding carboxylic acids is 1. The van der Waals surface area contributed by atoms with Crippen molar-refractivity contribution >= 4 is 5.91 Å². The van der Waals surface area contributed by atoms with E-state index < -0.39 is 0 Å². The fraction of sp³-hybridized carbons (Fsp3) is 0.294. The fourth-order valence-electron chi connectivity index (χ4n) is 2.55. The lowest BCUT2D eigenvalue weighted by molar-refractivity contribution is 0.0954. The van der Waals surface area contributed by atoms with Gasteiger partial charge < -0.3 is 14.8 Å². The second-order valence-electron chi connectivity index (χ2n) is 5.81. The molecule has 0 saturated heterocycles. The normalized spacial score (nSPS) is 13.8. The lowest BCUT2D eigenvalue weighted by Gasteiger charge is -2.07. The summed E-state index contributed by atoms with van der Waals surface area (Å²) >= 11 is 0. The molecule has 0 unspecified atom stereocenters. The van der Waals surface area contributed by atoms with Gasteiger partial charge in [-0.3, -0.25) is 4.79 Å². The Kier molecular flexibility index (Phi) is 3.82. The van der Waals surface area contributed by atoms with Crippen LogP contribution in [0.5, 0.6) is 0 Å². The maximum absolute atomic E-state index is 12.5. The molecule has 1 amide bonds. The predicted molar refractivity (Wildman–Crippen MR) is 86.3 cm³/mol. The van der Waals surface area contributed by atoms with Crippen molar-refractivity contribution < 1.29 is 9.32 Å². The summed E-state index contributed by atoms with van der Waals surface area (Å²) in [4.78, 5) is 24.1. The van der Waals surface area contributed by atoms with Gasteiger partial charge >= 0.3 is 0 Å². The molecule has 2 N–H and O–H groups in total. The summed E-state index contributed by atoms with van der Waals surface area (Å²) in [6.07, 6.45) is 6.20. The van der Waals surface area contributed by atoms with Gasteiger partial charge in [-0.1, -0.05) is 23.4 Å². The highest BCUT2D eigenvalue weighted by atomic mass is 16.5. The van der Waals surface area contributed by atoms with Crippen molar-refractivity contribution in [3.63, 3.8) is 0 Å². The van der Waals surface area contributed by atoms with Gasteiger partial charge in [0.15, 0.2) is 5.82 Å². The SMILES string of the molecule is O=C(NCCc1noc(C2CC2)n1)c1ccccc1-c1ncc[nH]1. The van der Waals surface area contributed by atoms with Crippen molar-refractivity contribution in [1.82, 2.24) is 25.4 Å². The Morgan fingerprint density at radius 3 is 3.00 bits per heavy atom. The molecule has 2 aromatic heterocycles. The van der Waals surface area contributed by atoms with Crippen LogP contribution in [0.1, 0.15) is 40.8 Å². The third-order valence-corrected chi connectivity index (χ3v) is 3.97. The van der Waals surface area contributed by atoms with Crippen molar-refractivity contribution in [3.05, 3.63) is 53.9 Å². The Morgan fingerprint density at radius 2 is 2.21 bits per heavy atom. The molecule has 0 spiro atoms. The molecule has 1 fully saturated rings. The maximum atomic E-state index is 12.5. The lowest BCUT2D eigenvalue weighted by Crippen LogP contribution is -2.26. The van der Waals surface area contributed by atoms with Gasteiger partial charge in [-0.25, -0.2) is 4.98 Å². The molecule has 0 aliphatic heterocycles. The van der Waals surface area contributed by atoms with Crippen LogP contribution in [0.15, 0.2) is 41.2 Å². The van der Waals surface area contributed by atoms with Crippen molar-refractivity contribution in [2.24, 2.45) is 0 Å². The summed E-state index contributed by atoms with van der Waals surface area (Å²) < 4.78 is 5.21. The van der Waals surface area contributed by atoms with E-state index in [1.807, 2.05) is 18.2 Å². The minimum Gasteiger partial charge on any atom is -0.352 e. The van der Waals surface area contributed by atoms with E-state index in [0.29, 0.717) is 36.1 Å². The monoisotopic (exact) mass is 323 g/mol. The first kappa shape index (κ1) is 14.6. The topological polar surface area (TPSA) is 96.7 Å². The number of benzene rings is 1. The van der Waals surface area contributed by atoms with Crippen molar-refractivity contribution in [3.8, 4) is 11.4 Å². The number of nitrogens with zero attached hydrogens (tertiary/aromatic N) is 3. The van der Waals surface area contributed by atoms with Gasteiger partial charge in [-0.2, -0.15) is 4.98 Å². The van der Waals surface area contributed by atoms with Crippen LogP contribution in [0.25, 0.3) is 11.4 Å². The highest BCUT2D eigenvalue weighted by molar-refractivity contribution is 6.00. The van der Waals surface area contributed by atoms with Crippen LogP contribution in [-0.2, 0) is 6.42 Å². The quantitative estimate of drug-likeness (QED) is 0.725. The Morgan fingerprint density at radius 1 is 1.33 bits per heavy atom. The number of aromatic amines is 1. The standard InChI is InChI=1S/C17H17N5O2/c23-16(13-4-2-1-3-12(13)15-18-9-10-19-15)20-8-7-14-21-17(24-22-14)11-5-6-11/h1-4,9-11H,5-8H2,(H,18,19)(H,20,23). The number of H-pyrrole nitrogens is 1. The number of hydrogen-bond acceptors (Lipinski definition) is 5. The van der Waals surface area contributed by atoms with E-state index in [0.717, 1.165) is 24.3 Å². The first-order chi connectivity index (χ1) is 11.8. The van der Waals surface area contributed by atoms with Gasteiger partial charge in [-0.15, -0.1) is 0 Å². The van der Waals surface area contributed by atoms with E-state index in [9.17, 15) is 4.79 Å². The maximum Gasteiger partial charge on any atom is 0.252 e. The summed E-state index contributed by atoms with van der Waals surface area (Å²) in [6, 6.07) is 7.37. The molecule has 122 valence electrons. The second kappa shape index (κ2) is 6.27. The number of nitrogens with one attached hydrogen (secondary N) is 2. The van der Waals surface area contributed by atoms with Crippen molar-refractivity contribution in [1.29, 1.82) is 0 Å². The Labute approximate surface area is 138 Å². The highest BCUT2D eigenvalue weighted by Gasteiger charge is 2.29. The van der Waals surface area contributed by atoms with Crippen LogP contribution in [0.3, 0.4) is 0 Å². The van der Waals surface area contributed by atoms with Gasteiger partial charge in [0.05, 0.1) is 5.56 Å². The predicted octanol–water partition coefficient (Wildman–Crippen LogP) is 2.31. The molecule has 1 aliphatic carbocycles. The number of carbonyl (C=O) groups is 1. The van der Waals surface area contributed by atoms with Crippen LogP contribution >= 0.6 is 0 Å². The Balaban J connectivity index is 1.39. The molecular weight excluding hydrogens is 306 g/mol. The molecule has 7 nitrogen and oxygen atoms in total. The summed E-state index contributed by atoms with van der Waals surface area (Å²) in [5.74, 6) is 2.33. The first-order valence-electron chi connectivity index (χ1n) is 8.01.